The van der Waals surface area contributed by atoms with Gasteiger partial charge in [0.05, 0.1) is 16.2 Å². The molecule has 0 saturated carbocycles. The molecule has 1 fully saturated rings. The zero-order valence-electron chi connectivity index (χ0n) is 12.8. The topological polar surface area (TPSA) is 49.4 Å². The summed E-state index contributed by atoms with van der Waals surface area (Å²) in [5, 5.41) is 2.43. The highest BCUT2D eigenvalue weighted by Gasteiger charge is 2.33. The Morgan fingerprint density at radius 2 is 2.17 bits per heavy atom. The van der Waals surface area contributed by atoms with E-state index in [2.05, 4.69) is 5.32 Å². The molecule has 1 aromatic rings. The van der Waals surface area contributed by atoms with Gasteiger partial charge < -0.3 is 10.2 Å². The van der Waals surface area contributed by atoms with Gasteiger partial charge >= 0.3 is 6.18 Å². The zero-order chi connectivity index (χ0) is 17.5. The number of alkyl halides is 3. The van der Waals surface area contributed by atoms with Crippen molar-refractivity contribution >= 4 is 29.3 Å². The van der Waals surface area contributed by atoms with Gasteiger partial charge in [-0.3, -0.25) is 9.59 Å². The Labute approximate surface area is 141 Å². The fourth-order valence-corrected chi connectivity index (χ4v) is 3.69. The van der Waals surface area contributed by atoms with Crippen molar-refractivity contribution < 1.29 is 22.8 Å². The molecule has 0 aliphatic carbocycles. The van der Waals surface area contributed by atoms with Crippen LogP contribution in [0.1, 0.15) is 25.3 Å². The minimum absolute atomic E-state index is 0.110. The Balaban J connectivity index is 1.83. The number of thioether (sulfide) groups is 1. The predicted octanol–water partition coefficient (Wildman–Crippen LogP) is 3.64. The van der Waals surface area contributed by atoms with Gasteiger partial charge in [0.25, 0.3) is 5.91 Å². The van der Waals surface area contributed by atoms with Crippen LogP contribution in [0.2, 0.25) is 0 Å². The van der Waals surface area contributed by atoms with Crippen molar-refractivity contribution in [2.45, 2.75) is 36.9 Å². The molecule has 4 nitrogen and oxygen atoms in total. The molecule has 3 rings (SSSR count). The highest BCUT2D eigenvalue weighted by Crippen LogP contribution is 2.41. The van der Waals surface area contributed by atoms with E-state index in [1.807, 2.05) is 6.92 Å². The van der Waals surface area contributed by atoms with Gasteiger partial charge in [-0.1, -0.05) is 11.8 Å². The molecule has 8 heteroatoms. The predicted molar refractivity (Wildman–Crippen MR) is 84.4 cm³/mol. The molecular weight excluding hydrogens is 341 g/mol. The van der Waals surface area contributed by atoms with Crippen molar-refractivity contribution in [2.75, 3.05) is 11.9 Å². The van der Waals surface area contributed by atoms with Gasteiger partial charge in [-0.25, -0.2) is 0 Å². The maximum absolute atomic E-state index is 12.7. The number of fused-ring (bicyclic) bond motifs is 1. The quantitative estimate of drug-likeness (QED) is 0.782. The van der Waals surface area contributed by atoms with Crippen LogP contribution >= 0.6 is 11.8 Å². The van der Waals surface area contributed by atoms with Crippen LogP contribution < -0.4 is 5.32 Å². The molecular formula is C16H15F3N2O2S. The number of nitrogens with zero attached hydrogens (tertiary/aromatic N) is 1. The Hall–Kier alpha value is -1.96. The third-order valence-corrected chi connectivity index (χ3v) is 5.19. The van der Waals surface area contributed by atoms with Crippen molar-refractivity contribution in [3.8, 4) is 0 Å². The number of hydrogen-bond acceptors (Lipinski definition) is 3. The molecule has 2 aliphatic heterocycles. The zero-order valence-corrected chi connectivity index (χ0v) is 13.6. The average Bonchev–Trinajstić information content (AvgIpc) is 2.92. The molecule has 1 aromatic carbocycles. The number of amides is 2. The summed E-state index contributed by atoms with van der Waals surface area (Å²) in [5.74, 6) is -0.806. The summed E-state index contributed by atoms with van der Waals surface area (Å²) in [5.41, 5.74) is -0.712. The number of carbonyl (C=O) groups excluding carboxylic acids is 2. The SMILES string of the molecule is C[C@H]1CCCN1C(=O)/C=C1\Sc2ccc(C(F)(F)F)cc2NC1=O. The molecule has 0 radical (unpaired) electrons. The van der Waals surface area contributed by atoms with Crippen LogP contribution in [0.25, 0.3) is 0 Å². The Morgan fingerprint density at radius 3 is 2.79 bits per heavy atom. The minimum Gasteiger partial charge on any atom is -0.336 e. The maximum atomic E-state index is 12.7. The number of anilines is 1. The number of hydrogen-bond donors (Lipinski definition) is 1. The van der Waals surface area contributed by atoms with E-state index in [4.69, 9.17) is 0 Å². The monoisotopic (exact) mass is 356 g/mol. The molecule has 2 aliphatic rings. The second-order valence-electron chi connectivity index (χ2n) is 5.80. The first-order valence-electron chi connectivity index (χ1n) is 7.48. The largest absolute Gasteiger partial charge is 0.416 e. The van der Waals surface area contributed by atoms with Crippen LogP contribution in [-0.4, -0.2) is 29.3 Å². The number of carbonyl (C=O) groups is 2. The average molecular weight is 356 g/mol. The highest BCUT2D eigenvalue weighted by molar-refractivity contribution is 8.04. The molecule has 1 atom stereocenters. The lowest BCUT2D eigenvalue weighted by molar-refractivity contribution is -0.137. The third-order valence-electron chi connectivity index (χ3n) is 4.09. The van der Waals surface area contributed by atoms with Crippen LogP contribution in [0.4, 0.5) is 18.9 Å². The van der Waals surface area contributed by atoms with E-state index in [0.717, 1.165) is 36.7 Å². The summed E-state index contributed by atoms with van der Waals surface area (Å²) in [6.07, 6.45) is -1.35. The normalized spacial score (nSPS) is 22.5. The summed E-state index contributed by atoms with van der Waals surface area (Å²) < 4.78 is 38.2. The molecule has 24 heavy (non-hydrogen) atoms. The van der Waals surface area contributed by atoms with Crippen LogP contribution in [0.5, 0.6) is 0 Å². The molecule has 0 aromatic heterocycles. The summed E-state index contributed by atoms with van der Waals surface area (Å²) in [6, 6.07) is 3.30. The third kappa shape index (κ3) is 3.28. The lowest BCUT2D eigenvalue weighted by Gasteiger charge is -2.22. The molecule has 128 valence electrons. The van der Waals surface area contributed by atoms with Crippen molar-refractivity contribution in [2.24, 2.45) is 0 Å². The molecule has 2 heterocycles. The standard InChI is InChI=1S/C16H15F3N2O2S/c1-9-3-2-6-21(9)14(22)8-13-15(23)20-11-7-10(16(17,18)19)4-5-12(11)24-13/h4-5,7-9H,2-3,6H2,1H3,(H,20,23)/b13-8-/t9-/m0/s1. The lowest BCUT2D eigenvalue weighted by atomic mass is 10.2. The van der Waals surface area contributed by atoms with Gasteiger partial charge in [-0.2, -0.15) is 13.2 Å². The van der Waals surface area contributed by atoms with Crippen molar-refractivity contribution in [3.05, 3.63) is 34.7 Å². The molecule has 0 spiro atoms. The summed E-state index contributed by atoms with van der Waals surface area (Å²) in [7, 11) is 0. The second kappa shape index (κ2) is 6.16. The number of rotatable bonds is 1. The minimum atomic E-state index is -4.47. The second-order valence-corrected chi connectivity index (χ2v) is 6.88. The summed E-state index contributed by atoms with van der Waals surface area (Å²) in [6.45, 7) is 2.60. The van der Waals surface area contributed by atoms with Crippen LogP contribution in [0.15, 0.2) is 34.1 Å². The summed E-state index contributed by atoms with van der Waals surface area (Å²) >= 11 is 1.01. The van der Waals surface area contributed by atoms with Gasteiger partial charge in [0.15, 0.2) is 0 Å². The number of likely N-dealkylation sites (tertiary alicyclic amines) is 1. The highest BCUT2D eigenvalue weighted by atomic mass is 32.2. The van der Waals surface area contributed by atoms with Gasteiger partial charge in [0.2, 0.25) is 5.91 Å². The molecule has 0 unspecified atom stereocenters. The fraction of sp³-hybridized carbons (Fsp3) is 0.375. The molecule has 1 saturated heterocycles. The number of benzene rings is 1. The van der Waals surface area contributed by atoms with Crippen molar-refractivity contribution in [1.29, 1.82) is 0 Å². The van der Waals surface area contributed by atoms with E-state index in [0.29, 0.717) is 11.4 Å². The Morgan fingerprint density at radius 1 is 1.42 bits per heavy atom. The van der Waals surface area contributed by atoms with E-state index in [9.17, 15) is 22.8 Å². The number of halogens is 3. The van der Waals surface area contributed by atoms with Gasteiger partial charge in [0.1, 0.15) is 0 Å². The van der Waals surface area contributed by atoms with Gasteiger partial charge in [-0.05, 0) is 38.0 Å². The van der Waals surface area contributed by atoms with E-state index in [1.165, 1.54) is 12.1 Å². The van der Waals surface area contributed by atoms with E-state index in [1.54, 1.807) is 4.90 Å². The van der Waals surface area contributed by atoms with Gasteiger partial charge in [0, 0.05) is 23.6 Å². The van der Waals surface area contributed by atoms with Crippen LogP contribution in [0.3, 0.4) is 0 Å². The smallest absolute Gasteiger partial charge is 0.336 e. The maximum Gasteiger partial charge on any atom is 0.416 e. The lowest BCUT2D eigenvalue weighted by Crippen LogP contribution is -2.33. The van der Waals surface area contributed by atoms with Crippen molar-refractivity contribution in [1.82, 2.24) is 4.90 Å². The Bertz CT molecular complexity index is 731. The first-order valence-corrected chi connectivity index (χ1v) is 8.30. The molecule has 2 amide bonds. The van der Waals surface area contributed by atoms with E-state index < -0.39 is 17.6 Å². The van der Waals surface area contributed by atoms with E-state index in [-0.39, 0.29) is 22.5 Å². The molecule has 1 N–H and O–H groups in total. The van der Waals surface area contributed by atoms with Crippen LogP contribution in [0, 0.1) is 0 Å². The fourth-order valence-electron chi connectivity index (χ4n) is 2.79. The molecule has 0 bridgehead atoms. The summed E-state index contributed by atoms with van der Waals surface area (Å²) in [4.78, 5) is 26.7. The Kier molecular flexibility index (Phi) is 4.33. The first kappa shape index (κ1) is 16.9. The first-order chi connectivity index (χ1) is 11.3. The van der Waals surface area contributed by atoms with Crippen LogP contribution in [-0.2, 0) is 15.8 Å². The van der Waals surface area contributed by atoms with Gasteiger partial charge in [-0.15, -0.1) is 0 Å². The van der Waals surface area contributed by atoms with Crippen molar-refractivity contribution in [3.63, 3.8) is 0 Å². The number of nitrogens with one attached hydrogen (secondary N) is 1. The van der Waals surface area contributed by atoms with E-state index >= 15 is 0 Å².